The van der Waals surface area contributed by atoms with E-state index in [1.165, 1.54) is 18.0 Å². The highest BCUT2D eigenvalue weighted by Crippen LogP contribution is 2.37. The summed E-state index contributed by atoms with van der Waals surface area (Å²) in [6.07, 6.45) is 2.64. The molecule has 1 heterocycles. The van der Waals surface area contributed by atoms with Crippen LogP contribution in [0.2, 0.25) is 0 Å². The van der Waals surface area contributed by atoms with Crippen LogP contribution in [0.1, 0.15) is 26.7 Å². The van der Waals surface area contributed by atoms with Crippen molar-refractivity contribution in [2.75, 3.05) is 13.1 Å². The summed E-state index contributed by atoms with van der Waals surface area (Å²) < 4.78 is 0. The average Bonchev–Trinajstić information content (AvgIpc) is 2.68. The lowest BCUT2D eigenvalue weighted by molar-refractivity contribution is 0.715. The molecule has 0 aromatic rings. The number of hydrogen-bond donors (Lipinski definition) is 1. The number of nitrogens with zero attached hydrogens (tertiary/aromatic N) is 1. The van der Waals surface area contributed by atoms with E-state index in [1.54, 1.807) is 0 Å². The van der Waals surface area contributed by atoms with Crippen molar-refractivity contribution < 1.29 is 0 Å². The molecule has 13 heavy (non-hydrogen) atoms. The van der Waals surface area contributed by atoms with E-state index in [9.17, 15) is 0 Å². The maximum Gasteiger partial charge on any atom is 0.156 e. The van der Waals surface area contributed by atoms with Gasteiger partial charge in [-0.1, -0.05) is 25.6 Å². The van der Waals surface area contributed by atoms with Crippen LogP contribution < -0.4 is 5.32 Å². The van der Waals surface area contributed by atoms with Gasteiger partial charge in [-0.2, -0.15) is 0 Å². The van der Waals surface area contributed by atoms with E-state index in [1.807, 2.05) is 11.8 Å². The molecular formula is C10H18N2S. The van der Waals surface area contributed by atoms with Crippen LogP contribution in [0.15, 0.2) is 4.99 Å². The smallest absolute Gasteiger partial charge is 0.156 e. The van der Waals surface area contributed by atoms with Gasteiger partial charge in [-0.15, -0.1) is 0 Å². The summed E-state index contributed by atoms with van der Waals surface area (Å²) in [6.45, 7) is 6.72. The lowest BCUT2D eigenvalue weighted by atomic mass is 10.3. The molecule has 0 aromatic carbocycles. The fraction of sp³-hybridized carbons (Fsp3) is 0.900. The molecule has 74 valence electrons. The van der Waals surface area contributed by atoms with E-state index in [-0.39, 0.29) is 0 Å². The molecule has 2 nitrogen and oxygen atoms in total. The molecule has 0 aromatic heterocycles. The summed E-state index contributed by atoms with van der Waals surface area (Å²) in [5, 5.41) is 5.37. The highest BCUT2D eigenvalue weighted by Gasteiger charge is 2.32. The lowest BCUT2D eigenvalue weighted by Crippen LogP contribution is -2.22. The molecular weight excluding hydrogens is 180 g/mol. The minimum Gasteiger partial charge on any atom is -0.365 e. The zero-order chi connectivity index (χ0) is 9.26. The number of aliphatic imine (C=N–C) groups is 1. The van der Waals surface area contributed by atoms with Crippen molar-refractivity contribution in [1.29, 1.82) is 0 Å². The van der Waals surface area contributed by atoms with Crippen molar-refractivity contribution in [2.45, 2.75) is 31.9 Å². The summed E-state index contributed by atoms with van der Waals surface area (Å²) >= 11 is 1.92. The standard InChI is InChI=1S/C10H18N2S/c1-3-9-6-12-10(13-9)11-5-8-4-7(8)2/h7-9H,3-6H2,1-2H3,(H,11,12). The highest BCUT2D eigenvalue weighted by atomic mass is 32.2. The van der Waals surface area contributed by atoms with Crippen LogP contribution in [0.5, 0.6) is 0 Å². The van der Waals surface area contributed by atoms with Crippen molar-refractivity contribution >= 4 is 16.9 Å². The monoisotopic (exact) mass is 198 g/mol. The molecule has 0 spiro atoms. The molecule has 0 saturated heterocycles. The fourth-order valence-corrected chi connectivity index (χ4v) is 2.58. The fourth-order valence-electron chi connectivity index (χ4n) is 1.63. The van der Waals surface area contributed by atoms with Gasteiger partial charge in [-0.05, 0) is 24.7 Å². The maximum atomic E-state index is 4.48. The molecule has 3 heteroatoms. The van der Waals surface area contributed by atoms with Gasteiger partial charge in [0.05, 0.1) is 6.54 Å². The van der Waals surface area contributed by atoms with Crippen LogP contribution in [0.4, 0.5) is 0 Å². The zero-order valence-corrected chi connectivity index (χ0v) is 9.23. The van der Waals surface area contributed by atoms with Crippen molar-refractivity contribution in [3.8, 4) is 0 Å². The molecule has 2 rings (SSSR count). The average molecular weight is 198 g/mol. The van der Waals surface area contributed by atoms with Gasteiger partial charge >= 0.3 is 0 Å². The van der Waals surface area contributed by atoms with Crippen LogP contribution >= 0.6 is 11.8 Å². The molecule has 1 N–H and O–H groups in total. The second kappa shape index (κ2) is 3.91. The van der Waals surface area contributed by atoms with Gasteiger partial charge in [0, 0.05) is 11.8 Å². The molecule has 3 atom stereocenters. The van der Waals surface area contributed by atoms with Crippen molar-refractivity contribution in [3.63, 3.8) is 0 Å². The SMILES string of the molecule is CCC1CN=C(NCC2CC2C)S1. The Morgan fingerprint density at radius 2 is 2.38 bits per heavy atom. The molecule has 0 bridgehead atoms. The first-order valence-electron chi connectivity index (χ1n) is 5.24. The van der Waals surface area contributed by atoms with Gasteiger partial charge in [0.15, 0.2) is 5.17 Å². The van der Waals surface area contributed by atoms with E-state index in [4.69, 9.17) is 0 Å². The second-order valence-electron chi connectivity index (χ2n) is 4.15. The Labute approximate surface area is 84.6 Å². The number of thioether (sulfide) groups is 1. The Hall–Kier alpha value is -0.180. The minimum atomic E-state index is 0.735. The predicted molar refractivity (Wildman–Crippen MR) is 59.2 cm³/mol. The van der Waals surface area contributed by atoms with Crippen molar-refractivity contribution in [2.24, 2.45) is 16.8 Å². The molecule has 3 unspecified atom stereocenters. The first-order chi connectivity index (χ1) is 6.29. The molecule has 2 aliphatic rings. The zero-order valence-electron chi connectivity index (χ0n) is 8.42. The third kappa shape index (κ3) is 2.39. The van der Waals surface area contributed by atoms with E-state index >= 15 is 0 Å². The van der Waals surface area contributed by atoms with E-state index in [2.05, 4.69) is 24.2 Å². The van der Waals surface area contributed by atoms with E-state index in [0.29, 0.717) is 0 Å². The van der Waals surface area contributed by atoms with Crippen molar-refractivity contribution in [3.05, 3.63) is 0 Å². The number of amidine groups is 1. The maximum absolute atomic E-state index is 4.48. The quantitative estimate of drug-likeness (QED) is 0.751. The minimum absolute atomic E-state index is 0.735. The Morgan fingerprint density at radius 3 is 2.92 bits per heavy atom. The van der Waals surface area contributed by atoms with E-state index in [0.717, 1.165) is 30.2 Å². The third-order valence-corrected chi connectivity index (χ3v) is 4.28. The molecule has 0 radical (unpaired) electrons. The first kappa shape index (κ1) is 9.38. The Bertz CT molecular complexity index is 215. The number of nitrogens with one attached hydrogen (secondary N) is 1. The molecule has 1 aliphatic heterocycles. The molecule has 0 amide bonds. The van der Waals surface area contributed by atoms with Crippen LogP contribution in [0.25, 0.3) is 0 Å². The normalized spacial score (nSPS) is 37.4. The summed E-state index contributed by atoms with van der Waals surface area (Å²) in [4.78, 5) is 4.48. The summed E-state index contributed by atoms with van der Waals surface area (Å²) in [6, 6.07) is 0. The van der Waals surface area contributed by atoms with Gasteiger partial charge in [0.2, 0.25) is 0 Å². The Kier molecular flexibility index (Phi) is 2.82. The topological polar surface area (TPSA) is 24.4 Å². The van der Waals surface area contributed by atoms with E-state index < -0.39 is 0 Å². The number of rotatable bonds is 3. The number of hydrogen-bond acceptors (Lipinski definition) is 3. The van der Waals surface area contributed by atoms with Crippen LogP contribution in [0, 0.1) is 11.8 Å². The molecule has 1 aliphatic carbocycles. The largest absolute Gasteiger partial charge is 0.365 e. The van der Waals surface area contributed by atoms with Crippen LogP contribution in [-0.4, -0.2) is 23.5 Å². The first-order valence-corrected chi connectivity index (χ1v) is 6.12. The van der Waals surface area contributed by atoms with Gasteiger partial charge in [0.25, 0.3) is 0 Å². The Balaban J connectivity index is 1.66. The van der Waals surface area contributed by atoms with Gasteiger partial charge < -0.3 is 5.32 Å². The van der Waals surface area contributed by atoms with Gasteiger partial charge in [0.1, 0.15) is 0 Å². The van der Waals surface area contributed by atoms with Gasteiger partial charge in [-0.3, -0.25) is 4.99 Å². The van der Waals surface area contributed by atoms with Crippen LogP contribution in [-0.2, 0) is 0 Å². The summed E-state index contributed by atoms with van der Waals surface area (Å²) in [5.74, 6) is 1.87. The second-order valence-corrected chi connectivity index (χ2v) is 5.44. The molecule has 1 saturated carbocycles. The Morgan fingerprint density at radius 1 is 1.62 bits per heavy atom. The lowest BCUT2D eigenvalue weighted by Gasteiger charge is -2.05. The highest BCUT2D eigenvalue weighted by molar-refractivity contribution is 8.14. The van der Waals surface area contributed by atoms with Gasteiger partial charge in [-0.25, -0.2) is 0 Å². The van der Waals surface area contributed by atoms with Crippen LogP contribution in [0.3, 0.4) is 0 Å². The summed E-state index contributed by atoms with van der Waals surface area (Å²) in [5.41, 5.74) is 0. The third-order valence-electron chi connectivity index (χ3n) is 2.96. The predicted octanol–water partition coefficient (Wildman–Crippen LogP) is 2.11. The molecule has 1 fully saturated rings. The summed E-state index contributed by atoms with van der Waals surface area (Å²) in [7, 11) is 0. The van der Waals surface area contributed by atoms with Crippen molar-refractivity contribution in [1.82, 2.24) is 5.32 Å².